The quantitative estimate of drug-likeness (QED) is 0.475. The molecule has 8 nitrogen and oxygen atoms in total. The fourth-order valence-corrected chi connectivity index (χ4v) is 3.55. The molecule has 0 radical (unpaired) electrons. The van der Waals surface area contributed by atoms with E-state index in [0.29, 0.717) is 51.1 Å². The standard InChI is InChI=1S/C22H30ClN5O3/c1-6-28(7-2)8-9-30-18-10-14(15(23)11-17(18)29-5)20-19-16(24)12-25-21(19)27-22(26-20)31-13(3)4/h10-13H,6-9,24H2,1-5H3,(H,25,26,27). The second-order valence-corrected chi connectivity index (χ2v) is 7.75. The van der Waals surface area contributed by atoms with Crippen LogP contribution in [-0.2, 0) is 0 Å². The number of likely N-dealkylation sites (N-methyl/N-ethyl adjacent to an activating group) is 1. The van der Waals surface area contributed by atoms with Gasteiger partial charge in [0.15, 0.2) is 11.5 Å². The van der Waals surface area contributed by atoms with Gasteiger partial charge in [-0.25, -0.2) is 0 Å². The summed E-state index contributed by atoms with van der Waals surface area (Å²) >= 11 is 6.63. The summed E-state index contributed by atoms with van der Waals surface area (Å²) in [6.07, 6.45) is 1.60. The van der Waals surface area contributed by atoms with Crippen molar-refractivity contribution in [3.63, 3.8) is 0 Å². The van der Waals surface area contributed by atoms with Gasteiger partial charge in [-0.05, 0) is 33.0 Å². The van der Waals surface area contributed by atoms with E-state index in [1.807, 2.05) is 19.9 Å². The third-order valence-electron chi connectivity index (χ3n) is 4.95. The van der Waals surface area contributed by atoms with Crippen molar-refractivity contribution in [3.8, 4) is 28.8 Å². The molecule has 3 rings (SSSR count). The van der Waals surface area contributed by atoms with Crippen molar-refractivity contribution in [2.24, 2.45) is 0 Å². The van der Waals surface area contributed by atoms with E-state index in [2.05, 4.69) is 33.7 Å². The number of nitrogens with two attached hydrogens (primary N) is 1. The number of methoxy groups -OCH3 is 1. The van der Waals surface area contributed by atoms with Gasteiger partial charge in [-0.3, -0.25) is 0 Å². The number of aromatic nitrogens is 3. The number of nitrogen functional groups attached to an aromatic ring is 1. The molecule has 3 N–H and O–H groups in total. The van der Waals surface area contributed by atoms with Gasteiger partial charge in [0.05, 0.1) is 35.0 Å². The summed E-state index contributed by atoms with van der Waals surface area (Å²) in [5.41, 5.74) is 8.53. The smallest absolute Gasteiger partial charge is 0.319 e. The lowest BCUT2D eigenvalue weighted by Crippen LogP contribution is -2.27. The molecule has 0 spiro atoms. The van der Waals surface area contributed by atoms with Crippen molar-refractivity contribution in [2.75, 3.05) is 39.1 Å². The Morgan fingerprint density at radius 3 is 2.55 bits per heavy atom. The zero-order valence-electron chi connectivity index (χ0n) is 18.7. The molecule has 31 heavy (non-hydrogen) atoms. The van der Waals surface area contributed by atoms with Gasteiger partial charge in [-0.2, -0.15) is 9.97 Å². The van der Waals surface area contributed by atoms with Crippen LogP contribution in [0.3, 0.4) is 0 Å². The van der Waals surface area contributed by atoms with Crippen LogP contribution in [0.5, 0.6) is 17.5 Å². The number of nitrogens with zero attached hydrogens (tertiary/aromatic N) is 3. The normalized spacial score (nSPS) is 11.5. The van der Waals surface area contributed by atoms with Gasteiger partial charge in [0.2, 0.25) is 0 Å². The number of ether oxygens (including phenoxy) is 3. The van der Waals surface area contributed by atoms with Gasteiger partial charge in [0.1, 0.15) is 12.3 Å². The topological polar surface area (TPSA) is 98.5 Å². The van der Waals surface area contributed by atoms with E-state index in [1.54, 1.807) is 19.4 Å². The zero-order valence-corrected chi connectivity index (χ0v) is 19.4. The zero-order chi connectivity index (χ0) is 22.5. The molecule has 0 atom stereocenters. The first-order valence-corrected chi connectivity index (χ1v) is 10.8. The summed E-state index contributed by atoms with van der Waals surface area (Å²) < 4.78 is 17.3. The third-order valence-corrected chi connectivity index (χ3v) is 5.26. The molecule has 0 amide bonds. The second kappa shape index (κ2) is 10.1. The Kier molecular flexibility index (Phi) is 7.46. The molecule has 0 saturated carbocycles. The minimum absolute atomic E-state index is 0.0806. The summed E-state index contributed by atoms with van der Waals surface area (Å²) in [6, 6.07) is 3.80. The van der Waals surface area contributed by atoms with E-state index >= 15 is 0 Å². The SMILES string of the molecule is CCN(CC)CCOc1cc(-c2nc(OC(C)C)nc3[nH]cc(N)c23)c(Cl)cc1OC. The fourth-order valence-electron chi connectivity index (χ4n) is 3.31. The van der Waals surface area contributed by atoms with Crippen LogP contribution in [0.4, 0.5) is 5.69 Å². The number of fused-ring (bicyclic) bond motifs is 1. The average molecular weight is 448 g/mol. The molecule has 0 saturated heterocycles. The Bertz CT molecular complexity index is 1030. The molecule has 3 aromatic rings. The van der Waals surface area contributed by atoms with Crippen molar-refractivity contribution in [3.05, 3.63) is 23.4 Å². The Hall–Kier alpha value is -2.71. The maximum Gasteiger partial charge on any atom is 0.319 e. The number of hydrogen-bond acceptors (Lipinski definition) is 7. The molecule has 1 aromatic carbocycles. The molecule has 0 bridgehead atoms. The summed E-state index contributed by atoms with van der Waals surface area (Å²) in [5.74, 6) is 1.14. The Labute approximate surface area is 187 Å². The molecule has 0 aliphatic carbocycles. The van der Waals surface area contributed by atoms with Crippen LogP contribution in [0, 0.1) is 0 Å². The molecule has 0 unspecified atom stereocenters. The van der Waals surface area contributed by atoms with Crippen molar-refractivity contribution in [2.45, 2.75) is 33.8 Å². The van der Waals surface area contributed by atoms with E-state index in [4.69, 9.17) is 31.5 Å². The van der Waals surface area contributed by atoms with Crippen LogP contribution in [0.15, 0.2) is 18.3 Å². The Balaban J connectivity index is 2.05. The summed E-state index contributed by atoms with van der Waals surface area (Å²) in [5, 5.41) is 1.14. The highest BCUT2D eigenvalue weighted by Gasteiger charge is 2.20. The number of rotatable bonds is 10. The largest absolute Gasteiger partial charge is 0.493 e. The maximum atomic E-state index is 6.63. The van der Waals surface area contributed by atoms with E-state index in [-0.39, 0.29) is 12.1 Å². The number of nitrogens with one attached hydrogen (secondary N) is 1. The molecule has 2 aromatic heterocycles. The van der Waals surface area contributed by atoms with Gasteiger partial charge < -0.3 is 29.8 Å². The van der Waals surface area contributed by atoms with E-state index < -0.39 is 0 Å². The second-order valence-electron chi connectivity index (χ2n) is 7.35. The highest BCUT2D eigenvalue weighted by Crippen LogP contribution is 2.41. The molecule has 9 heteroatoms. The van der Waals surface area contributed by atoms with Crippen molar-refractivity contribution < 1.29 is 14.2 Å². The number of hydrogen-bond donors (Lipinski definition) is 2. The third kappa shape index (κ3) is 5.14. The first-order chi connectivity index (χ1) is 14.9. The van der Waals surface area contributed by atoms with Gasteiger partial charge in [0.25, 0.3) is 0 Å². The highest BCUT2D eigenvalue weighted by molar-refractivity contribution is 6.34. The summed E-state index contributed by atoms with van der Waals surface area (Å²) in [7, 11) is 1.59. The number of halogens is 1. The number of benzene rings is 1. The van der Waals surface area contributed by atoms with E-state index in [0.717, 1.165) is 19.6 Å². The fraction of sp³-hybridized carbons (Fsp3) is 0.455. The maximum absolute atomic E-state index is 6.63. The molecule has 0 fully saturated rings. The predicted molar refractivity (Wildman–Crippen MR) is 124 cm³/mol. The van der Waals surface area contributed by atoms with Crippen molar-refractivity contribution in [1.29, 1.82) is 0 Å². The molecule has 2 heterocycles. The lowest BCUT2D eigenvalue weighted by molar-refractivity contribution is 0.217. The van der Waals surface area contributed by atoms with Gasteiger partial charge >= 0.3 is 6.01 Å². The number of anilines is 1. The molecular weight excluding hydrogens is 418 g/mol. The monoisotopic (exact) mass is 447 g/mol. The van der Waals surface area contributed by atoms with Gasteiger partial charge in [0, 0.05) is 24.4 Å². The van der Waals surface area contributed by atoms with E-state index in [9.17, 15) is 0 Å². The van der Waals surface area contributed by atoms with Gasteiger partial charge in [-0.1, -0.05) is 25.4 Å². The van der Waals surface area contributed by atoms with Crippen LogP contribution >= 0.6 is 11.6 Å². The minimum atomic E-state index is -0.0806. The van der Waals surface area contributed by atoms with Crippen LogP contribution in [0.2, 0.25) is 5.02 Å². The molecular formula is C22H30ClN5O3. The minimum Gasteiger partial charge on any atom is -0.493 e. The molecule has 168 valence electrons. The highest BCUT2D eigenvalue weighted by atomic mass is 35.5. The summed E-state index contributed by atoms with van der Waals surface area (Å²) in [6.45, 7) is 11.3. The van der Waals surface area contributed by atoms with Crippen molar-refractivity contribution >= 4 is 28.3 Å². The van der Waals surface area contributed by atoms with Crippen LogP contribution < -0.4 is 19.9 Å². The van der Waals surface area contributed by atoms with Crippen LogP contribution in [-0.4, -0.2) is 59.3 Å². The van der Waals surface area contributed by atoms with Crippen LogP contribution in [0.25, 0.3) is 22.3 Å². The lowest BCUT2D eigenvalue weighted by atomic mass is 10.1. The first-order valence-electron chi connectivity index (χ1n) is 10.4. The Morgan fingerprint density at radius 1 is 1.16 bits per heavy atom. The number of H-pyrrole nitrogens is 1. The van der Waals surface area contributed by atoms with Crippen LogP contribution in [0.1, 0.15) is 27.7 Å². The van der Waals surface area contributed by atoms with Gasteiger partial charge in [-0.15, -0.1) is 0 Å². The van der Waals surface area contributed by atoms with E-state index in [1.165, 1.54) is 0 Å². The average Bonchev–Trinajstić information content (AvgIpc) is 3.11. The molecule has 0 aliphatic rings. The Morgan fingerprint density at radius 2 is 1.90 bits per heavy atom. The molecule has 0 aliphatic heterocycles. The van der Waals surface area contributed by atoms with Crippen molar-refractivity contribution in [1.82, 2.24) is 19.9 Å². The summed E-state index contributed by atoms with van der Waals surface area (Å²) in [4.78, 5) is 14.4. The number of aromatic amines is 1. The first kappa shape index (κ1) is 23.0. The predicted octanol–water partition coefficient (Wildman–Crippen LogP) is 4.38. The lowest BCUT2D eigenvalue weighted by Gasteiger charge is -2.19.